The van der Waals surface area contributed by atoms with Gasteiger partial charge in [0.2, 0.25) is 0 Å². The molecule has 142 valence electrons. The van der Waals surface area contributed by atoms with E-state index in [0.717, 1.165) is 5.56 Å². The Kier molecular flexibility index (Phi) is 4.94. The van der Waals surface area contributed by atoms with Crippen LogP contribution in [-0.4, -0.2) is 59.8 Å². The van der Waals surface area contributed by atoms with E-state index in [2.05, 4.69) is 20.3 Å². The minimum absolute atomic E-state index is 0.402. The minimum Gasteiger partial charge on any atom is -0.394 e. The van der Waals surface area contributed by atoms with Crippen LogP contribution >= 0.6 is 11.6 Å². The second-order valence-electron chi connectivity index (χ2n) is 6.22. The third-order valence-electron chi connectivity index (χ3n) is 4.55. The average molecular weight is 392 g/mol. The van der Waals surface area contributed by atoms with E-state index in [9.17, 15) is 15.3 Å². The number of hydrogen-bond acceptors (Lipinski definition) is 8. The lowest BCUT2D eigenvalue weighted by molar-refractivity contribution is -0.0511. The molecule has 4 atom stereocenters. The van der Waals surface area contributed by atoms with Crippen molar-refractivity contribution < 1.29 is 20.1 Å². The Bertz CT molecular complexity index is 952. The zero-order valence-electron chi connectivity index (χ0n) is 14.1. The summed E-state index contributed by atoms with van der Waals surface area (Å²) in [6.07, 6.45) is -1.36. The molecule has 0 amide bonds. The second-order valence-corrected chi connectivity index (χ2v) is 6.63. The highest BCUT2D eigenvalue weighted by Crippen LogP contribution is 2.32. The molecule has 1 aromatic carbocycles. The Labute approximate surface area is 159 Å². The van der Waals surface area contributed by atoms with Gasteiger partial charge in [0.15, 0.2) is 23.2 Å². The van der Waals surface area contributed by atoms with Crippen molar-refractivity contribution in [3.63, 3.8) is 0 Å². The summed E-state index contributed by atoms with van der Waals surface area (Å²) in [5.74, 6) is 0.505. The van der Waals surface area contributed by atoms with Crippen molar-refractivity contribution in [3.8, 4) is 0 Å². The summed E-state index contributed by atoms with van der Waals surface area (Å²) in [6.45, 7) is 0.0491. The number of anilines is 1. The Morgan fingerprint density at radius 1 is 1.15 bits per heavy atom. The molecule has 3 heterocycles. The Morgan fingerprint density at radius 3 is 2.70 bits per heavy atom. The topological polar surface area (TPSA) is 126 Å². The molecule has 3 aromatic rings. The van der Waals surface area contributed by atoms with Crippen molar-refractivity contribution >= 4 is 28.6 Å². The quantitative estimate of drug-likeness (QED) is 0.501. The summed E-state index contributed by atoms with van der Waals surface area (Å²) in [7, 11) is 0. The molecule has 0 aliphatic carbocycles. The molecule has 0 bridgehead atoms. The van der Waals surface area contributed by atoms with Gasteiger partial charge in [-0.15, -0.1) is 0 Å². The molecule has 1 aliphatic heterocycles. The lowest BCUT2D eigenvalue weighted by atomic mass is 10.1. The van der Waals surface area contributed by atoms with Crippen LogP contribution in [0.2, 0.25) is 5.02 Å². The van der Waals surface area contributed by atoms with Crippen LogP contribution in [0.5, 0.6) is 0 Å². The van der Waals surface area contributed by atoms with E-state index in [1.165, 1.54) is 17.2 Å². The van der Waals surface area contributed by atoms with Crippen LogP contribution in [0.15, 0.2) is 36.9 Å². The first-order valence-electron chi connectivity index (χ1n) is 8.37. The van der Waals surface area contributed by atoms with Gasteiger partial charge in [-0.3, -0.25) is 4.57 Å². The number of hydrogen-bond donors (Lipinski definition) is 4. The van der Waals surface area contributed by atoms with Gasteiger partial charge < -0.3 is 25.4 Å². The molecule has 10 heteroatoms. The fraction of sp³-hybridized carbons (Fsp3) is 0.353. The molecule has 0 unspecified atom stereocenters. The number of fused-ring (bicyclic) bond motifs is 1. The summed E-state index contributed by atoms with van der Waals surface area (Å²) in [6, 6.07) is 7.47. The fourth-order valence-electron chi connectivity index (χ4n) is 3.10. The van der Waals surface area contributed by atoms with Gasteiger partial charge in [-0.2, -0.15) is 0 Å². The number of imidazole rings is 1. The molecule has 0 saturated carbocycles. The van der Waals surface area contributed by atoms with Gasteiger partial charge in [0.25, 0.3) is 0 Å². The Hall–Kier alpha value is -2.30. The summed E-state index contributed by atoms with van der Waals surface area (Å²) >= 11 is 6.18. The molecule has 1 fully saturated rings. The molecule has 4 N–H and O–H groups in total. The van der Waals surface area contributed by atoms with Crippen molar-refractivity contribution in [2.75, 3.05) is 11.9 Å². The molecule has 0 radical (unpaired) electrons. The van der Waals surface area contributed by atoms with Gasteiger partial charge in [0.05, 0.1) is 12.9 Å². The summed E-state index contributed by atoms with van der Waals surface area (Å²) in [4.78, 5) is 12.8. The Morgan fingerprint density at radius 2 is 1.96 bits per heavy atom. The number of aromatic nitrogens is 4. The standard InChI is InChI=1S/C17H18ClN5O4/c18-10-4-2-1-3-9(10)5-19-15-12-16(21-7-20-15)23(8-22-12)17-14(26)13(25)11(6-24)27-17/h1-4,7-8,11,13-14,17,24-26H,5-6H2,(H,19,20,21)/t11-,13-,14-,17-/m0/s1. The molecular weight excluding hydrogens is 374 g/mol. The van der Waals surface area contributed by atoms with Crippen LogP contribution in [-0.2, 0) is 11.3 Å². The first kappa shape index (κ1) is 18.1. The molecule has 4 rings (SSSR count). The first-order valence-corrected chi connectivity index (χ1v) is 8.75. The number of nitrogens with one attached hydrogen (secondary N) is 1. The van der Waals surface area contributed by atoms with E-state index in [1.807, 2.05) is 24.3 Å². The number of aliphatic hydroxyl groups excluding tert-OH is 3. The van der Waals surface area contributed by atoms with Crippen LogP contribution < -0.4 is 5.32 Å². The predicted octanol–water partition coefficient (Wildman–Crippen LogP) is 0.703. The van der Waals surface area contributed by atoms with Gasteiger partial charge in [-0.25, -0.2) is 15.0 Å². The van der Waals surface area contributed by atoms with Gasteiger partial charge in [0.1, 0.15) is 24.6 Å². The van der Waals surface area contributed by atoms with E-state index in [4.69, 9.17) is 16.3 Å². The number of rotatable bonds is 5. The number of nitrogens with zero attached hydrogens (tertiary/aromatic N) is 4. The maximum Gasteiger partial charge on any atom is 0.167 e. The lowest BCUT2D eigenvalue weighted by Gasteiger charge is -2.16. The lowest BCUT2D eigenvalue weighted by Crippen LogP contribution is -2.33. The molecular formula is C17H18ClN5O4. The number of benzene rings is 1. The van der Waals surface area contributed by atoms with E-state index in [-0.39, 0.29) is 0 Å². The third-order valence-corrected chi connectivity index (χ3v) is 4.92. The number of ether oxygens (including phenoxy) is 1. The summed E-state index contributed by atoms with van der Waals surface area (Å²) in [5, 5.41) is 33.3. The monoisotopic (exact) mass is 391 g/mol. The van der Waals surface area contributed by atoms with Crippen LogP contribution in [0.4, 0.5) is 5.82 Å². The van der Waals surface area contributed by atoms with Crippen LogP contribution in [0, 0.1) is 0 Å². The second kappa shape index (κ2) is 7.37. The smallest absolute Gasteiger partial charge is 0.167 e. The van der Waals surface area contributed by atoms with Crippen molar-refractivity contribution in [2.45, 2.75) is 31.1 Å². The molecule has 2 aromatic heterocycles. The highest BCUT2D eigenvalue weighted by atomic mass is 35.5. The molecule has 27 heavy (non-hydrogen) atoms. The maximum atomic E-state index is 10.2. The van der Waals surface area contributed by atoms with Crippen molar-refractivity contribution in [3.05, 3.63) is 47.5 Å². The maximum absolute atomic E-state index is 10.2. The normalized spacial score (nSPS) is 25.2. The van der Waals surface area contributed by atoms with Crippen molar-refractivity contribution in [1.29, 1.82) is 0 Å². The molecule has 9 nitrogen and oxygen atoms in total. The zero-order valence-corrected chi connectivity index (χ0v) is 14.9. The van der Waals surface area contributed by atoms with Crippen LogP contribution in [0.1, 0.15) is 11.8 Å². The van der Waals surface area contributed by atoms with Gasteiger partial charge in [-0.1, -0.05) is 29.8 Å². The van der Waals surface area contributed by atoms with Crippen LogP contribution in [0.3, 0.4) is 0 Å². The van der Waals surface area contributed by atoms with Gasteiger partial charge in [-0.05, 0) is 11.6 Å². The van der Waals surface area contributed by atoms with E-state index >= 15 is 0 Å². The number of aliphatic hydroxyl groups is 3. The Balaban J connectivity index is 1.61. The minimum atomic E-state index is -1.21. The molecule has 1 saturated heterocycles. The van der Waals surface area contributed by atoms with Gasteiger partial charge in [0, 0.05) is 11.6 Å². The largest absolute Gasteiger partial charge is 0.394 e. The summed E-state index contributed by atoms with van der Waals surface area (Å²) < 4.78 is 7.06. The first-order chi connectivity index (χ1) is 13.1. The number of halogens is 1. The highest BCUT2D eigenvalue weighted by Gasteiger charge is 2.44. The van der Waals surface area contributed by atoms with Gasteiger partial charge >= 0.3 is 0 Å². The molecule has 0 spiro atoms. The average Bonchev–Trinajstić information content (AvgIpc) is 3.23. The third kappa shape index (κ3) is 3.24. The SMILES string of the molecule is OC[C@@H]1O[C@H](n2cnc3c(NCc4ccccc4Cl)ncnc32)[C@@H](O)[C@H]1O. The zero-order chi connectivity index (χ0) is 19.0. The fourth-order valence-corrected chi connectivity index (χ4v) is 3.30. The van der Waals surface area contributed by atoms with Crippen LogP contribution in [0.25, 0.3) is 11.2 Å². The molecule has 1 aliphatic rings. The van der Waals surface area contributed by atoms with E-state index < -0.39 is 31.1 Å². The summed E-state index contributed by atoms with van der Waals surface area (Å²) in [5.41, 5.74) is 1.83. The predicted molar refractivity (Wildman–Crippen MR) is 97.1 cm³/mol. The van der Waals surface area contributed by atoms with E-state index in [0.29, 0.717) is 28.5 Å². The van der Waals surface area contributed by atoms with Crippen molar-refractivity contribution in [1.82, 2.24) is 19.5 Å². The van der Waals surface area contributed by atoms with Crippen molar-refractivity contribution in [2.24, 2.45) is 0 Å². The van der Waals surface area contributed by atoms with E-state index in [1.54, 1.807) is 0 Å². The highest BCUT2D eigenvalue weighted by molar-refractivity contribution is 6.31.